The highest BCUT2D eigenvalue weighted by Gasteiger charge is 2.19. The fourth-order valence-electron chi connectivity index (χ4n) is 3.21. The minimum atomic E-state index is -4.14. The SMILES string of the molecule is CCOC(=O)c1cc(-c2ccc(S(=O)(=O)Nc3ccc(C(N)=O)cc3F)cc2)nc2[nH]ncc12. The van der Waals surface area contributed by atoms with E-state index in [1.165, 1.54) is 42.6 Å². The van der Waals surface area contributed by atoms with Crippen molar-refractivity contribution in [1.29, 1.82) is 0 Å². The van der Waals surface area contributed by atoms with Gasteiger partial charge in [-0.05, 0) is 43.3 Å². The Bertz CT molecular complexity index is 1520. The van der Waals surface area contributed by atoms with Crippen LogP contribution in [0.2, 0.25) is 0 Å². The third-order valence-electron chi connectivity index (χ3n) is 4.88. The predicted molar refractivity (Wildman–Crippen MR) is 121 cm³/mol. The molecular weight excluding hydrogens is 465 g/mol. The minimum Gasteiger partial charge on any atom is -0.462 e. The van der Waals surface area contributed by atoms with E-state index in [0.717, 1.165) is 12.1 Å². The Morgan fingerprint density at radius 2 is 1.88 bits per heavy atom. The Labute approximate surface area is 193 Å². The number of primary amides is 1. The fourth-order valence-corrected chi connectivity index (χ4v) is 4.28. The Balaban J connectivity index is 1.64. The molecule has 0 aliphatic rings. The van der Waals surface area contributed by atoms with E-state index in [1.807, 2.05) is 0 Å². The summed E-state index contributed by atoms with van der Waals surface area (Å²) in [6.45, 7) is 1.89. The number of sulfonamides is 1. The van der Waals surface area contributed by atoms with Gasteiger partial charge in [-0.2, -0.15) is 5.10 Å². The van der Waals surface area contributed by atoms with E-state index in [-0.39, 0.29) is 28.3 Å². The molecule has 0 spiro atoms. The molecule has 2 aromatic carbocycles. The van der Waals surface area contributed by atoms with Gasteiger partial charge in [-0.3, -0.25) is 14.6 Å². The molecule has 0 atom stereocenters. The second-order valence-corrected chi connectivity index (χ2v) is 8.78. The summed E-state index contributed by atoms with van der Waals surface area (Å²) in [7, 11) is -4.14. The molecule has 10 nitrogen and oxygen atoms in total. The Morgan fingerprint density at radius 1 is 1.15 bits per heavy atom. The van der Waals surface area contributed by atoms with Crippen molar-refractivity contribution >= 4 is 38.6 Å². The quantitative estimate of drug-likeness (QED) is 0.341. The van der Waals surface area contributed by atoms with Crippen molar-refractivity contribution in [1.82, 2.24) is 15.2 Å². The van der Waals surface area contributed by atoms with Crippen molar-refractivity contribution in [2.24, 2.45) is 5.73 Å². The summed E-state index contributed by atoms with van der Waals surface area (Å²) in [5.74, 6) is -2.32. The molecule has 0 fully saturated rings. The molecule has 4 N–H and O–H groups in total. The lowest BCUT2D eigenvalue weighted by Gasteiger charge is -2.11. The van der Waals surface area contributed by atoms with E-state index in [0.29, 0.717) is 22.3 Å². The largest absolute Gasteiger partial charge is 0.462 e. The number of nitrogens with one attached hydrogen (secondary N) is 2. The van der Waals surface area contributed by atoms with Gasteiger partial charge in [0.2, 0.25) is 5.91 Å². The van der Waals surface area contributed by atoms with Gasteiger partial charge < -0.3 is 10.5 Å². The van der Waals surface area contributed by atoms with Gasteiger partial charge in [0.05, 0.1) is 40.0 Å². The fraction of sp³-hybridized carbons (Fsp3) is 0.0909. The van der Waals surface area contributed by atoms with Crippen molar-refractivity contribution in [3.05, 3.63) is 71.7 Å². The van der Waals surface area contributed by atoms with Crippen LogP contribution in [-0.4, -0.2) is 42.1 Å². The number of nitrogens with two attached hydrogens (primary N) is 1. The molecule has 2 heterocycles. The number of hydrogen-bond donors (Lipinski definition) is 3. The number of aromatic nitrogens is 3. The first-order valence-electron chi connectivity index (χ1n) is 9.93. The van der Waals surface area contributed by atoms with Crippen LogP contribution in [0.25, 0.3) is 22.3 Å². The highest BCUT2D eigenvalue weighted by atomic mass is 32.2. The Hall–Kier alpha value is -4.32. The van der Waals surface area contributed by atoms with Gasteiger partial charge in [0.15, 0.2) is 5.65 Å². The number of aromatic amines is 1. The highest BCUT2D eigenvalue weighted by molar-refractivity contribution is 7.92. The molecule has 12 heteroatoms. The molecule has 174 valence electrons. The van der Waals surface area contributed by atoms with Gasteiger partial charge in [-0.25, -0.2) is 22.6 Å². The summed E-state index contributed by atoms with van der Waals surface area (Å²) in [6, 6.07) is 10.3. The van der Waals surface area contributed by atoms with Gasteiger partial charge in [0.25, 0.3) is 10.0 Å². The van der Waals surface area contributed by atoms with Crippen LogP contribution in [0.3, 0.4) is 0 Å². The zero-order valence-electron chi connectivity index (χ0n) is 17.7. The van der Waals surface area contributed by atoms with Crippen molar-refractivity contribution in [2.45, 2.75) is 11.8 Å². The number of amides is 1. The van der Waals surface area contributed by atoms with Gasteiger partial charge >= 0.3 is 5.97 Å². The third kappa shape index (κ3) is 4.43. The lowest BCUT2D eigenvalue weighted by Crippen LogP contribution is -2.15. The first kappa shape index (κ1) is 22.9. The molecule has 0 saturated carbocycles. The summed E-state index contributed by atoms with van der Waals surface area (Å²) < 4.78 is 46.9. The number of halogens is 1. The van der Waals surface area contributed by atoms with E-state index >= 15 is 0 Å². The Kier molecular flexibility index (Phi) is 5.99. The zero-order valence-corrected chi connectivity index (χ0v) is 18.5. The summed E-state index contributed by atoms with van der Waals surface area (Å²) >= 11 is 0. The molecule has 0 radical (unpaired) electrons. The summed E-state index contributed by atoms with van der Waals surface area (Å²) in [6.07, 6.45) is 1.47. The molecule has 4 rings (SSSR count). The first-order valence-corrected chi connectivity index (χ1v) is 11.4. The summed E-state index contributed by atoms with van der Waals surface area (Å²) in [5.41, 5.74) is 6.23. The van der Waals surface area contributed by atoms with Crippen molar-refractivity contribution in [3.8, 4) is 11.3 Å². The van der Waals surface area contributed by atoms with Crippen LogP contribution in [0.15, 0.2) is 59.6 Å². The van der Waals surface area contributed by atoms with Crippen LogP contribution in [0.4, 0.5) is 10.1 Å². The molecule has 0 unspecified atom stereocenters. The number of benzene rings is 2. The monoisotopic (exact) mass is 483 g/mol. The van der Waals surface area contributed by atoms with Gasteiger partial charge in [0, 0.05) is 11.1 Å². The number of anilines is 1. The van der Waals surface area contributed by atoms with Crippen molar-refractivity contribution < 1.29 is 27.1 Å². The molecule has 0 aliphatic heterocycles. The van der Waals surface area contributed by atoms with Gasteiger partial charge in [-0.15, -0.1) is 0 Å². The van der Waals surface area contributed by atoms with Crippen LogP contribution in [0.5, 0.6) is 0 Å². The number of hydrogen-bond acceptors (Lipinski definition) is 7. The van der Waals surface area contributed by atoms with Crippen LogP contribution in [-0.2, 0) is 14.8 Å². The maximum Gasteiger partial charge on any atom is 0.339 e. The second kappa shape index (κ2) is 8.90. The lowest BCUT2D eigenvalue weighted by molar-refractivity contribution is 0.0528. The predicted octanol–water partition coefficient (Wildman–Crippen LogP) is 2.84. The zero-order chi connectivity index (χ0) is 24.5. The smallest absolute Gasteiger partial charge is 0.339 e. The van der Waals surface area contributed by atoms with Crippen LogP contribution >= 0.6 is 0 Å². The molecule has 0 saturated heterocycles. The Morgan fingerprint density at radius 3 is 2.53 bits per heavy atom. The van der Waals surface area contributed by atoms with E-state index < -0.39 is 27.7 Å². The van der Waals surface area contributed by atoms with E-state index in [9.17, 15) is 22.4 Å². The number of carbonyl (C=O) groups excluding carboxylic acids is 2. The van der Waals surface area contributed by atoms with E-state index in [2.05, 4.69) is 19.9 Å². The van der Waals surface area contributed by atoms with Crippen LogP contribution in [0, 0.1) is 5.82 Å². The average molecular weight is 483 g/mol. The number of carbonyl (C=O) groups is 2. The summed E-state index contributed by atoms with van der Waals surface area (Å²) in [4.78, 5) is 27.8. The third-order valence-corrected chi connectivity index (χ3v) is 6.26. The van der Waals surface area contributed by atoms with Crippen molar-refractivity contribution in [2.75, 3.05) is 11.3 Å². The number of ether oxygens (including phenoxy) is 1. The molecule has 2 aromatic heterocycles. The molecular formula is C22H18FN5O5S. The van der Waals surface area contributed by atoms with E-state index in [1.54, 1.807) is 6.92 Å². The number of fused-ring (bicyclic) bond motifs is 1. The second-order valence-electron chi connectivity index (χ2n) is 7.10. The molecule has 0 bridgehead atoms. The maximum absolute atomic E-state index is 14.2. The lowest BCUT2D eigenvalue weighted by atomic mass is 10.1. The summed E-state index contributed by atoms with van der Waals surface area (Å²) in [5, 5.41) is 7.11. The molecule has 1 amide bonds. The molecule has 34 heavy (non-hydrogen) atoms. The van der Waals surface area contributed by atoms with Gasteiger partial charge in [0.1, 0.15) is 5.82 Å². The van der Waals surface area contributed by atoms with Crippen LogP contribution in [0.1, 0.15) is 27.6 Å². The normalized spacial score (nSPS) is 11.4. The van der Waals surface area contributed by atoms with Gasteiger partial charge in [-0.1, -0.05) is 12.1 Å². The number of rotatable bonds is 7. The minimum absolute atomic E-state index is 0.0891. The number of nitrogens with zero attached hydrogens (tertiary/aromatic N) is 2. The number of pyridine rings is 1. The average Bonchev–Trinajstić information content (AvgIpc) is 3.28. The van der Waals surface area contributed by atoms with E-state index in [4.69, 9.17) is 10.5 Å². The highest BCUT2D eigenvalue weighted by Crippen LogP contribution is 2.26. The van der Waals surface area contributed by atoms with Crippen molar-refractivity contribution in [3.63, 3.8) is 0 Å². The van der Waals surface area contributed by atoms with Crippen LogP contribution < -0.4 is 10.5 Å². The number of H-pyrrole nitrogens is 1. The molecule has 4 aromatic rings. The maximum atomic E-state index is 14.2. The number of esters is 1. The molecule has 0 aliphatic carbocycles. The first-order chi connectivity index (χ1) is 16.2. The standard InChI is InChI=1S/C22H18FN5O5S/c1-2-33-22(30)15-10-19(26-21-16(15)11-25-27-21)12-3-6-14(7-4-12)34(31,32)28-18-8-5-13(20(24)29)9-17(18)23/h3-11,28H,2H2,1H3,(H2,24,29)(H,25,26,27). The topological polar surface area (TPSA) is 157 Å².